The van der Waals surface area contributed by atoms with Gasteiger partial charge in [0.15, 0.2) is 0 Å². The number of hydrogen-bond acceptors (Lipinski definition) is 4. The summed E-state index contributed by atoms with van der Waals surface area (Å²) in [4.78, 5) is 6.37. The van der Waals surface area contributed by atoms with Crippen LogP contribution in [0.3, 0.4) is 0 Å². The number of aliphatic hydroxyl groups excluding tert-OH is 1. The number of methoxy groups -OCH3 is 1. The third kappa shape index (κ3) is 2.51. The second kappa shape index (κ2) is 5.27. The van der Waals surface area contributed by atoms with Gasteiger partial charge >= 0.3 is 0 Å². The van der Waals surface area contributed by atoms with Gasteiger partial charge in [-0.3, -0.25) is 4.98 Å². The van der Waals surface area contributed by atoms with Crippen molar-refractivity contribution in [1.29, 1.82) is 0 Å². The van der Waals surface area contributed by atoms with Crippen molar-refractivity contribution in [3.8, 4) is 0 Å². The number of aromatic nitrogens is 1. The molecular formula is C12H18N2O2. The molecular weight excluding hydrogens is 204 g/mol. The average Bonchev–Trinajstić information content (AvgIpc) is 2.39. The van der Waals surface area contributed by atoms with Crippen molar-refractivity contribution in [2.24, 2.45) is 0 Å². The van der Waals surface area contributed by atoms with E-state index in [2.05, 4.69) is 9.88 Å². The third-order valence-electron chi connectivity index (χ3n) is 3.04. The molecule has 0 aliphatic carbocycles. The van der Waals surface area contributed by atoms with Crippen molar-refractivity contribution in [3.63, 3.8) is 0 Å². The van der Waals surface area contributed by atoms with Crippen LogP contribution in [-0.2, 0) is 11.3 Å². The van der Waals surface area contributed by atoms with Gasteiger partial charge < -0.3 is 14.7 Å². The fourth-order valence-corrected chi connectivity index (χ4v) is 2.11. The molecule has 16 heavy (non-hydrogen) atoms. The quantitative estimate of drug-likeness (QED) is 0.834. The SMILES string of the molecule is COC1CCCN(c2ccnc(CO)c2)C1. The molecule has 0 aromatic carbocycles. The van der Waals surface area contributed by atoms with Gasteiger partial charge in [0.2, 0.25) is 0 Å². The Bertz CT molecular complexity index is 344. The van der Waals surface area contributed by atoms with Gasteiger partial charge in [0.1, 0.15) is 0 Å². The second-order valence-corrected chi connectivity index (χ2v) is 4.11. The molecule has 0 spiro atoms. The topological polar surface area (TPSA) is 45.6 Å². The first-order valence-electron chi connectivity index (χ1n) is 5.67. The summed E-state index contributed by atoms with van der Waals surface area (Å²) in [5.41, 5.74) is 1.85. The van der Waals surface area contributed by atoms with Crippen LogP contribution < -0.4 is 4.90 Å². The number of rotatable bonds is 3. The Morgan fingerprint density at radius 2 is 2.50 bits per heavy atom. The summed E-state index contributed by atoms with van der Waals surface area (Å²) in [7, 11) is 1.76. The zero-order valence-electron chi connectivity index (χ0n) is 9.59. The molecule has 2 heterocycles. The van der Waals surface area contributed by atoms with Crippen molar-refractivity contribution in [3.05, 3.63) is 24.0 Å². The van der Waals surface area contributed by atoms with Crippen LogP contribution in [0.4, 0.5) is 5.69 Å². The van der Waals surface area contributed by atoms with Crippen molar-refractivity contribution in [2.45, 2.75) is 25.6 Å². The summed E-state index contributed by atoms with van der Waals surface area (Å²) >= 11 is 0. The Kier molecular flexibility index (Phi) is 3.74. The first kappa shape index (κ1) is 11.4. The number of anilines is 1. The minimum atomic E-state index is -0.00458. The van der Waals surface area contributed by atoms with E-state index >= 15 is 0 Å². The molecule has 1 aliphatic heterocycles. The lowest BCUT2D eigenvalue weighted by atomic mass is 10.1. The molecule has 0 bridgehead atoms. The summed E-state index contributed by atoms with van der Waals surface area (Å²) in [6.07, 6.45) is 4.34. The van der Waals surface area contributed by atoms with E-state index in [-0.39, 0.29) is 6.61 Å². The van der Waals surface area contributed by atoms with Crippen molar-refractivity contribution >= 4 is 5.69 Å². The van der Waals surface area contributed by atoms with E-state index in [9.17, 15) is 0 Å². The molecule has 1 unspecified atom stereocenters. The van der Waals surface area contributed by atoms with E-state index in [1.165, 1.54) is 0 Å². The largest absolute Gasteiger partial charge is 0.390 e. The molecule has 0 saturated carbocycles. The fraction of sp³-hybridized carbons (Fsp3) is 0.583. The van der Waals surface area contributed by atoms with Crippen LogP contribution in [0.5, 0.6) is 0 Å². The summed E-state index contributed by atoms with van der Waals surface area (Å²) < 4.78 is 5.39. The van der Waals surface area contributed by atoms with Crippen LogP contribution in [0.25, 0.3) is 0 Å². The maximum Gasteiger partial charge on any atom is 0.0853 e. The Morgan fingerprint density at radius 3 is 3.25 bits per heavy atom. The van der Waals surface area contributed by atoms with E-state index in [1.54, 1.807) is 13.3 Å². The highest BCUT2D eigenvalue weighted by atomic mass is 16.5. The van der Waals surface area contributed by atoms with Gasteiger partial charge in [0, 0.05) is 32.1 Å². The average molecular weight is 222 g/mol. The minimum absolute atomic E-state index is 0.00458. The standard InChI is InChI=1S/C12H18N2O2/c1-16-12-3-2-6-14(8-12)11-4-5-13-10(7-11)9-15/h4-5,7,12,15H,2-3,6,8-9H2,1H3. The predicted molar refractivity (Wildman–Crippen MR) is 62.4 cm³/mol. The lowest BCUT2D eigenvalue weighted by molar-refractivity contribution is 0.0893. The predicted octanol–water partition coefficient (Wildman–Crippen LogP) is 1.19. The second-order valence-electron chi connectivity index (χ2n) is 4.11. The highest BCUT2D eigenvalue weighted by molar-refractivity contribution is 5.47. The van der Waals surface area contributed by atoms with E-state index in [0.717, 1.165) is 37.3 Å². The molecule has 1 aromatic heterocycles. The molecule has 0 amide bonds. The van der Waals surface area contributed by atoms with Gasteiger partial charge in [0.05, 0.1) is 18.4 Å². The maximum atomic E-state index is 9.05. The van der Waals surface area contributed by atoms with Gasteiger partial charge in [0.25, 0.3) is 0 Å². The van der Waals surface area contributed by atoms with Crippen LogP contribution in [0.1, 0.15) is 18.5 Å². The normalized spacial score (nSPS) is 21.1. The molecule has 1 saturated heterocycles. The molecule has 4 nitrogen and oxygen atoms in total. The van der Waals surface area contributed by atoms with Crippen molar-refractivity contribution in [2.75, 3.05) is 25.1 Å². The van der Waals surface area contributed by atoms with Gasteiger partial charge in [-0.15, -0.1) is 0 Å². The zero-order valence-corrected chi connectivity index (χ0v) is 9.59. The van der Waals surface area contributed by atoms with Gasteiger partial charge in [-0.05, 0) is 25.0 Å². The molecule has 1 atom stereocenters. The van der Waals surface area contributed by atoms with Gasteiger partial charge in [-0.2, -0.15) is 0 Å². The highest BCUT2D eigenvalue weighted by Gasteiger charge is 2.19. The zero-order chi connectivity index (χ0) is 11.4. The first-order valence-corrected chi connectivity index (χ1v) is 5.67. The lowest BCUT2D eigenvalue weighted by Gasteiger charge is -2.33. The summed E-state index contributed by atoms with van der Waals surface area (Å²) in [6.45, 7) is 1.97. The van der Waals surface area contributed by atoms with Crippen LogP contribution >= 0.6 is 0 Å². The maximum absolute atomic E-state index is 9.05. The van der Waals surface area contributed by atoms with Crippen LogP contribution in [-0.4, -0.2) is 36.4 Å². The number of piperidine rings is 1. The molecule has 1 fully saturated rings. The Labute approximate surface area is 95.9 Å². The number of aliphatic hydroxyl groups is 1. The van der Waals surface area contributed by atoms with Crippen molar-refractivity contribution in [1.82, 2.24) is 4.98 Å². The lowest BCUT2D eigenvalue weighted by Crippen LogP contribution is -2.39. The van der Waals surface area contributed by atoms with E-state index < -0.39 is 0 Å². The molecule has 1 aliphatic rings. The summed E-state index contributed by atoms with van der Waals surface area (Å²) in [5, 5.41) is 9.05. The Morgan fingerprint density at radius 1 is 1.62 bits per heavy atom. The van der Waals surface area contributed by atoms with E-state index in [0.29, 0.717) is 6.10 Å². The van der Waals surface area contributed by atoms with Crippen LogP contribution in [0.2, 0.25) is 0 Å². The van der Waals surface area contributed by atoms with E-state index in [1.807, 2.05) is 12.1 Å². The minimum Gasteiger partial charge on any atom is -0.390 e. The van der Waals surface area contributed by atoms with Crippen molar-refractivity contribution < 1.29 is 9.84 Å². The molecule has 1 N–H and O–H groups in total. The third-order valence-corrected chi connectivity index (χ3v) is 3.04. The fourth-order valence-electron chi connectivity index (χ4n) is 2.11. The monoisotopic (exact) mass is 222 g/mol. The number of pyridine rings is 1. The summed E-state index contributed by atoms with van der Waals surface area (Å²) in [6, 6.07) is 3.93. The molecule has 88 valence electrons. The van der Waals surface area contributed by atoms with E-state index in [4.69, 9.17) is 9.84 Å². The number of nitrogens with zero attached hydrogens (tertiary/aromatic N) is 2. The first-order chi connectivity index (χ1) is 7.83. The molecule has 0 radical (unpaired) electrons. The Balaban J connectivity index is 2.10. The van der Waals surface area contributed by atoms with Crippen LogP contribution in [0.15, 0.2) is 18.3 Å². The molecule has 2 rings (SSSR count). The molecule has 4 heteroatoms. The molecule has 1 aromatic rings. The van der Waals surface area contributed by atoms with Gasteiger partial charge in [-0.25, -0.2) is 0 Å². The summed E-state index contributed by atoms with van der Waals surface area (Å²) in [5.74, 6) is 0. The smallest absolute Gasteiger partial charge is 0.0853 e. The number of hydrogen-bond donors (Lipinski definition) is 1. The number of ether oxygens (including phenoxy) is 1. The Hall–Kier alpha value is -1.13. The highest BCUT2D eigenvalue weighted by Crippen LogP contribution is 2.21. The van der Waals surface area contributed by atoms with Crippen LogP contribution in [0, 0.1) is 0 Å². The van der Waals surface area contributed by atoms with Gasteiger partial charge in [-0.1, -0.05) is 0 Å².